The Bertz CT molecular complexity index is 662. The maximum absolute atomic E-state index is 10.7. The van der Waals surface area contributed by atoms with E-state index < -0.39 is 4.92 Å². The molecule has 0 amide bonds. The summed E-state index contributed by atoms with van der Waals surface area (Å²) in [6.07, 6.45) is 0. The standard InChI is InChI=1S/C13H7ClN2O2/c14-12-4-2-1-3-11(12)9-5-6-13(16(17)18)10(7-9)8-15/h1-7H. The van der Waals surface area contributed by atoms with E-state index in [1.807, 2.05) is 12.1 Å². The summed E-state index contributed by atoms with van der Waals surface area (Å²) in [6.45, 7) is 0. The van der Waals surface area contributed by atoms with Crippen LogP contribution in [0.4, 0.5) is 5.69 Å². The van der Waals surface area contributed by atoms with Gasteiger partial charge in [0.15, 0.2) is 0 Å². The number of hydrogen-bond acceptors (Lipinski definition) is 3. The molecular weight excluding hydrogens is 252 g/mol. The molecule has 2 aromatic carbocycles. The zero-order valence-corrected chi connectivity index (χ0v) is 9.89. The van der Waals surface area contributed by atoms with Crippen LogP contribution in [0, 0.1) is 21.4 Å². The van der Waals surface area contributed by atoms with Crippen LogP contribution in [0.5, 0.6) is 0 Å². The Morgan fingerprint density at radius 3 is 2.56 bits per heavy atom. The molecule has 2 rings (SSSR count). The molecule has 5 heteroatoms. The van der Waals surface area contributed by atoms with Gasteiger partial charge in [0.25, 0.3) is 5.69 Å². The largest absolute Gasteiger partial charge is 0.287 e. The molecule has 0 bridgehead atoms. The molecule has 0 saturated heterocycles. The van der Waals surface area contributed by atoms with Crippen molar-refractivity contribution >= 4 is 17.3 Å². The lowest BCUT2D eigenvalue weighted by atomic mass is 10.0. The number of nitriles is 1. The second-order valence-corrected chi connectivity index (χ2v) is 3.99. The van der Waals surface area contributed by atoms with Gasteiger partial charge in [0, 0.05) is 16.7 Å². The molecule has 4 nitrogen and oxygen atoms in total. The number of halogens is 1. The maximum Gasteiger partial charge on any atom is 0.287 e. The highest BCUT2D eigenvalue weighted by Gasteiger charge is 2.14. The van der Waals surface area contributed by atoms with Crippen molar-refractivity contribution in [1.82, 2.24) is 0 Å². The molecule has 88 valence electrons. The maximum atomic E-state index is 10.7. The molecule has 0 heterocycles. The summed E-state index contributed by atoms with van der Waals surface area (Å²) in [5, 5.41) is 20.2. The van der Waals surface area contributed by atoms with Gasteiger partial charge in [-0.3, -0.25) is 10.1 Å². The van der Waals surface area contributed by atoms with Crippen molar-refractivity contribution in [2.75, 3.05) is 0 Å². The van der Waals surface area contributed by atoms with Gasteiger partial charge in [-0.2, -0.15) is 5.26 Å². The quantitative estimate of drug-likeness (QED) is 0.608. The summed E-state index contributed by atoms with van der Waals surface area (Å²) in [7, 11) is 0. The van der Waals surface area contributed by atoms with E-state index in [-0.39, 0.29) is 11.3 Å². The van der Waals surface area contributed by atoms with Crippen molar-refractivity contribution < 1.29 is 4.92 Å². The Kier molecular flexibility index (Phi) is 3.26. The number of rotatable bonds is 2. The van der Waals surface area contributed by atoms with Crippen LogP contribution in [0.25, 0.3) is 11.1 Å². The minimum Gasteiger partial charge on any atom is -0.258 e. The highest BCUT2D eigenvalue weighted by Crippen LogP contribution is 2.30. The van der Waals surface area contributed by atoms with Gasteiger partial charge >= 0.3 is 0 Å². The smallest absolute Gasteiger partial charge is 0.258 e. The first-order chi connectivity index (χ1) is 8.63. The van der Waals surface area contributed by atoms with Crippen molar-refractivity contribution in [3.8, 4) is 17.2 Å². The third-order valence-electron chi connectivity index (χ3n) is 2.50. The molecule has 18 heavy (non-hydrogen) atoms. The molecule has 0 aliphatic carbocycles. The Labute approximate surface area is 108 Å². The lowest BCUT2D eigenvalue weighted by molar-refractivity contribution is -0.385. The van der Waals surface area contributed by atoms with Gasteiger partial charge in [-0.05, 0) is 23.8 Å². The summed E-state index contributed by atoms with van der Waals surface area (Å²) >= 11 is 6.04. The monoisotopic (exact) mass is 258 g/mol. The minimum absolute atomic E-state index is 0.0254. The SMILES string of the molecule is N#Cc1cc(-c2ccccc2Cl)ccc1[N+](=O)[O-]. The fraction of sp³-hybridized carbons (Fsp3) is 0. The van der Waals surface area contributed by atoms with Gasteiger partial charge in [-0.25, -0.2) is 0 Å². The van der Waals surface area contributed by atoms with Crippen LogP contribution in [-0.4, -0.2) is 4.92 Å². The van der Waals surface area contributed by atoms with Crippen LogP contribution in [0.2, 0.25) is 5.02 Å². The predicted molar refractivity (Wildman–Crippen MR) is 68.3 cm³/mol. The van der Waals surface area contributed by atoms with Gasteiger partial charge in [0.2, 0.25) is 0 Å². The minimum atomic E-state index is -0.574. The number of nitro benzene ring substituents is 1. The van der Waals surface area contributed by atoms with E-state index in [2.05, 4.69) is 0 Å². The Hall–Kier alpha value is -2.38. The Balaban J connectivity index is 2.59. The van der Waals surface area contributed by atoms with Gasteiger partial charge in [0.1, 0.15) is 11.6 Å². The van der Waals surface area contributed by atoms with Gasteiger partial charge < -0.3 is 0 Å². The predicted octanol–water partition coefficient (Wildman–Crippen LogP) is 3.79. The van der Waals surface area contributed by atoms with Crippen LogP contribution in [0.15, 0.2) is 42.5 Å². The van der Waals surface area contributed by atoms with Crippen molar-refractivity contribution in [2.24, 2.45) is 0 Å². The lowest BCUT2D eigenvalue weighted by Crippen LogP contribution is -1.92. The van der Waals surface area contributed by atoms with Gasteiger partial charge in [-0.1, -0.05) is 29.8 Å². The molecule has 0 radical (unpaired) electrons. The second kappa shape index (κ2) is 4.86. The third kappa shape index (κ3) is 2.17. The summed E-state index contributed by atoms with van der Waals surface area (Å²) in [4.78, 5) is 10.1. The van der Waals surface area contributed by atoms with E-state index in [0.717, 1.165) is 5.56 Å². The number of benzene rings is 2. The molecule has 0 unspecified atom stereocenters. The molecule has 0 N–H and O–H groups in total. The highest BCUT2D eigenvalue weighted by atomic mass is 35.5. The van der Waals surface area contributed by atoms with Gasteiger partial charge in [-0.15, -0.1) is 0 Å². The lowest BCUT2D eigenvalue weighted by Gasteiger charge is -2.04. The fourth-order valence-corrected chi connectivity index (χ4v) is 1.89. The summed E-state index contributed by atoms with van der Waals surface area (Å²) < 4.78 is 0. The molecule has 2 aromatic rings. The van der Waals surface area contributed by atoms with E-state index in [1.165, 1.54) is 12.1 Å². The van der Waals surface area contributed by atoms with Crippen LogP contribution in [0.3, 0.4) is 0 Å². The van der Waals surface area contributed by atoms with Crippen LogP contribution in [0.1, 0.15) is 5.56 Å². The molecular formula is C13H7ClN2O2. The Morgan fingerprint density at radius 2 is 1.94 bits per heavy atom. The molecule has 0 fully saturated rings. The van der Waals surface area contributed by atoms with E-state index in [4.69, 9.17) is 16.9 Å². The molecule has 0 atom stereocenters. The van der Waals surface area contributed by atoms with Crippen molar-refractivity contribution in [2.45, 2.75) is 0 Å². The van der Waals surface area contributed by atoms with Crippen molar-refractivity contribution in [3.63, 3.8) is 0 Å². The molecule has 0 saturated carbocycles. The average molecular weight is 259 g/mol. The first kappa shape index (κ1) is 12.1. The van der Waals surface area contributed by atoms with Crippen LogP contribution < -0.4 is 0 Å². The number of nitrogens with zero attached hydrogens (tertiary/aromatic N) is 2. The van der Waals surface area contributed by atoms with Crippen LogP contribution >= 0.6 is 11.6 Å². The van der Waals surface area contributed by atoms with Crippen molar-refractivity contribution in [3.05, 3.63) is 63.2 Å². The zero-order chi connectivity index (χ0) is 13.1. The normalized spacial score (nSPS) is 9.78. The van der Waals surface area contributed by atoms with E-state index >= 15 is 0 Å². The first-order valence-electron chi connectivity index (χ1n) is 5.07. The molecule has 0 spiro atoms. The molecule has 0 aliphatic rings. The Morgan fingerprint density at radius 1 is 1.22 bits per heavy atom. The summed E-state index contributed by atoms with van der Waals surface area (Å²) in [6, 6.07) is 13.3. The van der Waals surface area contributed by atoms with Crippen molar-refractivity contribution in [1.29, 1.82) is 5.26 Å². The first-order valence-corrected chi connectivity index (χ1v) is 5.44. The molecule has 0 aromatic heterocycles. The highest BCUT2D eigenvalue weighted by molar-refractivity contribution is 6.33. The van der Waals surface area contributed by atoms with Gasteiger partial charge in [0.05, 0.1) is 4.92 Å². The third-order valence-corrected chi connectivity index (χ3v) is 2.83. The average Bonchev–Trinajstić information content (AvgIpc) is 2.38. The summed E-state index contributed by atoms with van der Waals surface area (Å²) in [5.41, 5.74) is 1.25. The summed E-state index contributed by atoms with van der Waals surface area (Å²) in [5.74, 6) is 0. The fourth-order valence-electron chi connectivity index (χ4n) is 1.65. The number of hydrogen-bond donors (Lipinski definition) is 0. The van der Waals surface area contributed by atoms with Crippen LogP contribution in [-0.2, 0) is 0 Å². The second-order valence-electron chi connectivity index (χ2n) is 3.58. The zero-order valence-electron chi connectivity index (χ0n) is 9.13. The topological polar surface area (TPSA) is 66.9 Å². The van der Waals surface area contributed by atoms with E-state index in [0.29, 0.717) is 10.6 Å². The molecule has 0 aliphatic heterocycles. The van der Waals surface area contributed by atoms with E-state index in [1.54, 1.807) is 24.3 Å². The number of nitro groups is 1. The van der Waals surface area contributed by atoms with E-state index in [9.17, 15) is 10.1 Å².